The molecule has 148 valence electrons. The molecule has 0 bridgehead atoms. The predicted molar refractivity (Wildman–Crippen MR) is 114 cm³/mol. The lowest BCUT2D eigenvalue weighted by Gasteiger charge is -2.15. The summed E-state index contributed by atoms with van der Waals surface area (Å²) in [5, 5.41) is 1.16. The fourth-order valence-electron chi connectivity index (χ4n) is 3.57. The second kappa shape index (κ2) is 7.43. The Hall–Kier alpha value is -3.61. The average molecular weight is 389 g/mol. The number of likely N-dealkylation sites (N-methyl/N-ethyl adjacent to an activating group) is 1. The van der Waals surface area contributed by atoms with Crippen molar-refractivity contribution in [3.8, 4) is 0 Å². The normalized spacial score (nSPS) is 11.7. The molecule has 0 atom stereocenters. The lowest BCUT2D eigenvalue weighted by Crippen LogP contribution is -2.25. The zero-order valence-electron chi connectivity index (χ0n) is 16.7. The van der Waals surface area contributed by atoms with Crippen LogP contribution in [0.5, 0.6) is 0 Å². The molecule has 0 radical (unpaired) electrons. The second-order valence-electron chi connectivity index (χ2n) is 7.09. The fraction of sp³-hybridized carbons (Fsp3) is 0.227. The van der Waals surface area contributed by atoms with Crippen molar-refractivity contribution in [2.45, 2.75) is 20.0 Å². The van der Waals surface area contributed by atoms with E-state index in [-0.39, 0.29) is 11.6 Å². The third kappa shape index (κ3) is 3.47. The number of nitrogens with one attached hydrogen (secondary N) is 1. The van der Waals surface area contributed by atoms with Crippen LogP contribution in [0.25, 0.3) is 28.1 Å². The number of fused-ring (bicyclic) bond motifs is 2. The standard InChI is InChI=1S/C22H23N5O2/c1-4-27-19-11-15(13-23-21(19)24-22(27)29)9-10-20(28)25(2)14-17-12-16-7-5-6-8-18(16)26(17)3/h5-13H,4,14H2,1-3H3,(H,23,24,29)/b10-9+. The van der Waals surface area contributed by atoms with E-state index in [0.29, 0.717) is 18.7 Å². The molecule has 0 spiro atoms. The van der Waals surface area contributed by atoms with Crippen molar-refractivity contribution in [3.63, 3.8) is 0 Å². The molecule has 0 saturated carbocycles. The number of aromatic nitrogens is 4. The van der Waals surface area contributed by atoms with Crippen LogP contribution >= 0.6 is 0 Å². The molecule has 7 heteroatoms. The lowest BCUT2D eigenvalue weighted by atomic mass is 10.2. The number of amides is 1. The summed E-state index contributed by atoms with van der Waals surface area (Å²) in [5.41, 5.74) is 4.08. The summed E-state index contributed by atoms with van der Waals surface area (Å²) >= 11 is 0. The van der Waals surface area contributed by atoms with E-state index in [1.807, 2.05) is 32.2 Å². The number of benzene rings is 1. The topological polar surface area (TPSA) is 75.9 Å². The molecular formula is C22H23N5O2. The number of imidazole rings is 1. The van der Waals surface area contributed by atoms with Gasteiger partial charge in [0.25, 0.3) is 0 Å². The maximum absolute atomic E-state index is 12.6. The lowest BCUT2D eigenvalue weighted by molar-refractivity contribution is -0.125. The number of hydrogen-bond donors (Lipinski definition) is 1. The van der Waals surface area contributed by atoms with Gasteiger partial charge in [0.1, 0.15) is 0 Å². The molecule has 1 amide bonds. The van der Waals surface area contributed by atoms with Gasteiger partial charge in [0.2, 0.25) is 5.91 Å². The zero-order valence-corrected chi connectivity index (χ0v) is 16.7. The Kier molecular flexibility index (Phi) is 4.80. The highest BCUT2D eigenvalue weighted by Crippen LogP contribution is 2.19. The van der Waals surface area contributed by atoms with E-state index < -0.39 is 0 Å². The minimum absolute atomic E-state index is 0.0997. The molecule has 0 aliphatic heterocycles. The molecule has 0 fully saturated rings. The van der Waals surface area contributed by atoms with Crippen LogP contribution in [-0.2, 0) is 24.9 Å². The summed E-state index contributed by atoms with van der Waals surface area (Å²) in [6, 6.07) is 12.1. The van der Waals surface area contributed by atoms with Gasteiger partial charge in [-0.05, 0) is 42.1 Å². The summed E-state index contributed by atoms with van der Waals surface area (Å²) in [4.78, 5) is 33.2. The molecular weight excluding hydrogens is 366 g/mol. The number of H-pyrrole nitrogens is 1. The van der Waals surface area contributed by atoms with Crippen LogP contribution in [0.4, 0.5) is 0 Å². The Bertz CT molecular complexity index is 1290. The van der Waals surface area contributed by atoms with Crippen LogP contribution < -0.4 is 5.69 Å². The monoisotopic (exact) mass is 389 g/mol. The molecule has 4 aromatic rings. The number of pyridine rings is 1. The molecule has 0 aliphatic carbocycles. The van der Waals surface area contributed by atoms with E-state index in [9.17, 15) is 9.59 Å². The average Bonchev–Trinajstić information content (AvgIpc) is 3.21. The van der Waals surface area contributed by atoms with Crippen molar-refractivity contribution in [1.29, 1.82) is 0 Å². The van der Waals surface area contributed by atoms with Gasteiger partial charge in [-0.1, -0.05) is 18.2 Å². The quantitative estimate of drug-likeness (QED) is 0.533. The van der Waals surface area contributed by atoms with Crippen LogP contribution in [-0.4, -0.2) is 37.0 Å². The van der Waals surface area contributed by atoms with E-state index in [1.54, 1.807) is 28.8 Å². The first-order valence-corrected chi connectivity index (χ1v) is 9.53. The molecule has 1 aromatic carbocycles. The van der Waals surface area contributed by atoms with E-state index >= 15 is 0 Å². The van der Waals surface area contributed by atoms with Gasteiger partial charge in [0, 0.05) is 44.1 Å². The van der Waals surface area contributed by atoms with Gasteiger partial charge >= 0.3 is 5.69 Å². The summed E-state index contributed by atoms with van der Waals surface area (Å²) < 4.78 is 3.73. The van der Waals surface area contributed by atoms with Gasteiger partial charge in [-0.15, -0.1) is 0 Å². The number of carbonyl (C=O) groups excluding carboxylic acids is 1. The Morgan fingerprint density at radius 3 is 2.79 bits per heavy atom. The van der Waals surface area contributed by atoms with E-state index in [4.69, 9.17) is 0 Å². The minimum Gasteiger partial charge on any atom is -0.346 e. The minimum atomic E-state index is -0.179. The van der Waals surface area contributed by atoms with Gasteiger partial charge in [0.05, 0.1) is 12.1 Å². The van der Waals surface area contributed by atoms with Crippen molar-refractivity contribution in [3.05, 3.63) is 70.4 Å². The largest absolute Gasteiger partial charge is 0.346 e. The molecule has 3 heterocycles. The summed E-state index contributed by atoms with van der Waals surface area (Å²) in [6.45, 7) is 2.97. The maximum atomic E-state index is 12.6. The Balaban J connectivity index is 1.52. The van der Waals surface area contributed by atoms with Gasteiger partial charge in [0.15, 0.2) is 5.65 Å². The van der Waals surface area contributed by atoms with Crippen molar-refractivity contribution < 1.29 is 4.79 Å². The molecule has 1 N–H and O–H groups in total. The summed E-state index contributed by atoms with van der Waals surface area (Å²) in [5.74, 6) is -0.0997. The fourth-order valence-corrected chi connectivity index (χ4v) is 3.57. The third-order valence-corrected chi connectivity index (χ3v) is 5.21. The third-order valence-electron chi connectivity index (χ3n) is 5.21. The van der Waals surface area contributed by atoms with Crippen molar-refractivity contribution in [2.24, 2.45) is 7.05 Å². The number of nitrogens with zero attached hydrogens (tertiary/aromatic N) is 4. The highest BCUT2D eigenvalue weighted by atomic mass is 16.2. The smallest absolute Gasteiger partial charge is 0.327 e. The zero-order chi connectivity index (χ0) is 20.5. The second-order valence-corrected chi connectivity index (χ2v) is 7.09. The summed E-state index contributed by atoms with van der Waals surface area (Å²) in [6.07, 6.45) is 4.91. The Morgan fingerprint density at radius 1 is 1.24 bits per heavy atom. The Morgan fingerprint density at radius 2 is 2.03 bits per heavy atom. The molecule has 0 unspecified atom stereocenters. The maximum Gasteiger partial charge on any atom is 0.327 e. The van der Waals surface area contributed by atoms with Gasteiger partial charge in [-0.3, -0.25) is 14.3 Å². The number of aromatic amines is 1. The van der Waals surface area contributed by atoms with Gasteiger partial charge < -0.3 is 9.47 Å². The first kappa shape index (κ1) is 18.7. The molecule has 3 aromatic heterocycles. The highest BCUT2D eigenvalue weighted by molar-refractivity contribution is 5.92. The molecule has 0 saturated heterocycles. The molecule has 7 nitrogen and oxygen atoms in total. The van der Waals surface area contributed by atoms with E-state index in [2.05, 4.69) is 32.7 Å². The number of hydrogen-bond acceptors (Lipinski definition) is 3. The Labute approximate surface area is 167 Å². The van der Waals surface area contributed by atoms with Crippen LogP contribution in [0.1, 0.15) is 18.2 Å². The van der Waals surface area contributed by atoms with Crippen molar-refractivity contribution in [1.82, 2.24) is 24.0 Å². The van der Waals surface area contributed by atoms with Crippen molar-refractivity contribution >= 4 is 34.1 Å². The van der Waals surface area contributed by atoms with Crippen LogP contribution in [0.3, 0.4) is 0 Å². The number of para-hydroxylation sites is 1. The van der Waals surface area contributed by atoms with Gasteiger partial charge in [-0.2, -0.15) is 0 Å². The predicted octanol–water partition coefficient (Wildman–Crippen LogP) is 2.91. The number of rotatable bonds is 5. The molecule has 29 heavy (non-hydrogen) atoms. The van der Waals surface area contributed by atoms with Crippen LogP contribution in [0, 0.1) is 0 Å². The summed E-state index contributed by atoms with van der Waals surface area (Å²) in [7, 11) is 3.80. The first-order chi connectivity index (χ1) is 14.0. The SMILES string of the molecule is CCn1c(=O)[nH]c2ncc(/C=C/C(=O)N(C)Cc3cc4ccccc4n3C)cc21. The molecule has 0 aliphatic rings. The first-order valence-electron chi connectivity index (χ1n) is 9.53. The van der Waals surface area contributed by atoms with Crippen molar-refractivity contribution in [2.75, 3.05) is 7.05 Å². The van der Waals surface area contributed by atoms with Crippen LogP contribution in [0.15, 0.2) is 53.5 Å². The van der Waals surface area contributed by atoms with Gasteiger partial charge in [-0.25, -0.2) is 9.78 Å². The van der Waals surface area contributed by atoms with Crippen LogP contribution in [0.2, 0.25) is 0 Å². The van der Waals surface area contributed by atoms with E-state index in [1.165, 1.54) is 6.08 Å². The molecule has 4 rings (SSSR count). The number of carbonyl (C=O) groups is 1. The highest BCUT2D eigenvalue weighted by Gasteiger charge is 2.11. The number of aryl methyl sites for hydroxylation is 2. The van der Waals surface area contributed by atoms with E-state index in [0.717, 1.165) is 27.7 Å².